The molecule has 0 radical (unpaired) electrons. The number of benzene rings is 1. The molecular weight excluding hydrogens is 370 g/mol. The predicted octanol–water partition coefficient (Wildman–Crippen LogP) is 4.69. The summed E-state index contributed by atoms with van der Waals surface area (Å²) < 4.78 is 5.17. The lowest BCUT2D eigenvalue weighted by atomic mass is 9.84. The van der Waals surface area contributed by atoms with Gasteiger partial charge in [0.2, 0.25) is 0 Å². The Morgan fingerprint density at radius 2 is 2.08 bits per heavy atom. The lowest BCUT2D eigenvalue weighted by molar-refractivity contribution is -0.138. The molecule has 1 heterocycles. The molecule has 1 aromatic rings. The van der Waals surface area contributed by atoms with E-state index in [1.165, 1.54) is 5.56 Å². The average Bonchev–Trinajstić information content (AvgIpc) is 2.57. The second-order valence-electron chi connectivity index (χ2n) is 5.96. The van der Waals surface area contributed by atoms with Crippen LogP contribution in [-0.4, -0.2) is 17.3 Å². The standard InChI is InChI=1S/C19H24BrNO3/c1-3-6-13(9-10-18(20)22)15-7-5-8-17-16(15)11-14(12-21-17)19(23)24-4-2/h5,7-8,12-13,21H,3-4,6,9-11H2,1-2H3. The first-order valence-electron chi connectivity index (χ1n) is 8.49. The molecule has 24 heavy (non-hydrogen) atoms. The van der Waals surface area contributed by atoms with Gasteiger partial charge < -0.3 is 10.1 Å². The van der Waals surface area contributed by atoms with E-state index in [1.807, 2.05) is 19.1 Å². The van der Waals surface area contributed by atoms with E-state index < -0.39 is 0 Å². The molecule has 0 bridgehead atoms. The molecule has 0 aromatic heterocycles. The first-order valence-corrected chi connectivity index (χ1v) is 9.28. The minimum absolute atomic E-state index is 0.0404. The molecule has 1 atom stereocenters. The van der Waals surface area contributed by atoms with Crippen molar-refractivity contribution in [1.29, 1.82) is 0 Å². The van der Waals surface area contributed by atoms with Crippen LogP contribution in [0.3, 0.4) is 0 Å². The smallest absolute Gasteiger partial charge is 0.335 e. The van der Waals surface area contributed by atoms with Gasteiger partial charge >= 0.3 is 5.97 Å². The highest BCUT2D eigenvalue weighted by atomic mass is 79.9. The van der Waals surface area contributed by atoms with E-state index in [0.29, 0.717) is 30.9 Å². The molecule has 1 aliphatic heterocycles. The van der Waals surface area contributed by atoms with Crippen molar-refractivity contribution >= 4 is 32.3 Å². The van der Waals surface area contributed by atoms with Crippen molar-refractivity contribution in [2.45, 2.75) is 51.9 Å². The number of rotatable bonds is 8. The quantitative estimate of drug-likeness (QED) is 0.514. The van der Waals surface area contributed by atoms with Gasteiger partial charge in [-0.1, -0.05) is 25.5 Å². The molecule has 0 aliphatic carbocycles. The Hall–Kier alpha value is -1.62. The Balaban J connectivity index is 2.27. The maximum atomic E-state index is 12.0. The number of nitrogens with one attached hydrogen (secondary N) is 1. The summed E-state index contributed by atoms with van der Waals surface area (Å²) in [5, 5.41) is 3.22. The maximum Gasteiger partial charge on any atom is 0.335 e. The summed E-state index contributed by atoms with van der Waals surface area (Å²) in [4.78, 5) is 23.4. The fourth-order valence-corrected chi connectivity index (χ4v) is 3.40. The van der Waals surface area contributed by atoms with Gasteiger partial charge in [-0.15, -0.1) is 0 Å². The van der Waals surface area contributed by atoms with E-state index in [1.54, 1.807) is 6.20 Å². The largest absolute Gasteiger partial charge is 0.463 e. The Labute approximate surface area is 151 Å². The number of esters is 1. The molecule has 1 aliphatic rings. The predicted molar refractivity (Wildman–Crippen MR) is 99.3 cm³/mol. The Bertz CT molecular complexity index is 639. The van der Waals surface area contributed by atoms with Crippen molar-refractivity contribution in [1.82, 2.24) is 0 Å². The summed E-state index contributed by atoms with van der Waals surface area (Å²) >= 11 is 3.03. The molecule has 1 aromatic carbocycles. The van der Waals surface area contributed by atoms with Crippen molar-refractivity contribution in [3.05, 3.63) is 41.1 Å². The van der Waals surface area contributed by atoms with Crippen LogP contribution in [-0.2, 0) is 20.7 Å². The van der Waals surface area contributed by atoms with Crippen molar-refractivity contribution in [2.24, 2.45) is 0 Å². The SMILES string of the molecule is CCCC(CCC(=O)Br)c1cccc2c1CC(C(=O)OCC)=CN2. The zero-order valence-corrected chi connectivity index (χ0v) is 15.8. The monoisotopic (exact) mass is 393 g/mol. The molecule has 0 fully saturated rings. The molecular formula is C19H24BrNO3. The van der Waals surface area contributed by atoms with Gasteiger partial charge in [-0.3, -0.25) is 4.79 Å². The second kappa shape index (κ2) is 9.02. The number of ether oxygens (including phenoxy) is 1. The van der Waals surface area contributed by atoms with Gasteiger partial charge in [-0.2, -0.15) is 0 Å². The van der Waals surface area contributed by atoms with Crippen molar-refractivity contribution in [2.75, 3.05) is 11.9 Å². The molecule has 0 amide bonds. The Kier molecular flexibility index (Phi) is 7.03. The van der Waals surface area contributed by atoms with E-state index in [2.05, 4.69) is 34.2 Å². The molecule has 2 rings (SSSR count). The number of fused-ring (bicyclic) bond motifs is 1. The lowest BCUT2D eigenvalue weighted by Crippen LogP contribution is -2.18. The van der Waals surface area contributed by atoms with Gasteiger partial charge in [0.1, 0.15) is 0 Å². The molecule has 130 valence electrons. The Morgan fingerprint density at radius 3 is 2.75 bits per heavy atom. The van der Waals surface area contributed by atoms with Crippen molar-refractivity contribution in [3.63, 3.8) is 0 Å². The molecule has 0 saturated heterocycles. The summed E-state index contributed by atoms with van der Waals surface area (Å²) in [5.41, 5.74) is 4.05. The summed E-state index contributed by atoms with van der Waals surface area (Å²) in [6.45, 7) is 4.33. The number of halogens is 1. The third kappa shape index (κ3) is 4.69. The molecule has 5 heteroatoms. The van der Waals surface area contributed by atoms with Crippen LogP contribution in [0, 0.1) is 0 Å². The zero-order chi connectivity index (χ0) is 17.5. The van der Waals surface area contributed by atoms with E-state index in [-0.39, 0.29) is 10.7 Å². The van der Waals surface area contributed by atoms with Crippen molar-refractivity contribution < 1.29 is 14.3 Å². The molecule has 4 nitrogen and oxygen atoms in total. The Morgan fingerprint density at radius 1 is 1.29 bits per heavy atom. The van der Waals surface area contributed by atoms with Gasteiger partial charge in [0, 0.05) is 24.7 Å². The van der Waals surface area contributed by atoms with Crippen LogP contribution in [0.15, 0.2) is 30.0 Å². The number of anilines is 1. The van der Waals surface area contributed by atoms with Crippen molar-refractivity contribution in [3.8, 4) is 0 Å². The molecule has 1 N–H and O–H groups in total. The van der Waals surface area contributed by atoms with Crippen LogP contribution in [0.2, 0.25) is 0 Å². The zero-order valence-electron chi connectivity index (χ0n) is 14.2. The highest BCUT2D eigenvalue weighted by molar-refractivity contribution is 9.18. The van der Waals surface area contributed by atoms with Crippen LogP contribution in [0.1, 0.15) is 56.6 Å². The maximum absolute atomic E-state index is 12.0. The van der Waals surface area contributed by atoms with Gasteiger partial charge in [-0.25, -0.2) is 4.79 Å². The topological polar surface area (TPSA) is 55.4 Å². The summed E-state index contributed by atoms with van der Waals surface area (Å²) in [5.74, 6) is 0.0444. The minimum Gasteiger partial charge on any atom is -0.463 e. The fourth-order valence-electron chi connectivity index (χ4n) is 3.17. The lowest BCUT2D eigenvalue weighted by Gasteiger charge is -2.25. The van der Waals surface area contributed by atoms with E-state index >= 15 is 0 Å². The van der Waals surface area contributed by atoms with E-state index in [4.69, 9.17) is 4.74 Å². The number of hydrogen-bond acceptors (Lipinski definition) is 4. The highest BCUT2D eigenvalue weighted by Gasteiger charge is 2.23. The van der Waals surface area contributed by atoms with Gasteiger partial charge in [0.05, 0.1) is 12.2 Å². The van der Waals surface area contributed by atoms with Crippen LogP contribution in [0.4, 0.5) is 5.69 Å². The highest BCUT2D eigenvalue weighted by Crippen LogP contribution is 2.36. The van der Waals surface area contributed by atoms with Gasteiger partial charge in [-0.05, 0) is 58.8 Å². The number of carbonyl (C=O) groups is 2. The summed E-state index contributed by atoms with van der Waals surface area (Å²) in [7, 11) is 0. The first-order chi connectivity index (χ1) is 11.6. The summed E-state index contributed by atoms with van der Waals surface area (Å²) in [6.07, 6.45) is 5.71. The van der Waals surface area contributed by atoms with Crippen LogP contribution < -0.4 is 5.32 Å². The van der Waals surface area contributed by atoms with Gasteiger partial charge in [0.15, 0.2) is 4.69 Å². The average molecular weight is 394 g/mol. The first kappa shape index (κ1) is 18.7. The van der Waals surface area contributed by atoms with E-state index in [0.717, 1.165) is 30.5 Å². The summed E-state index contributed by atoms with van der Waals surface area (Å²) in [6, 6.07) is 6.17. The molecule has 0 saturated carbocycles. The molecule has 1 unspecified atom stereocenters. The fraction of sp³-hybridized carbons (Fsp3) is 0.474. The molecule has 0 spiro atoms. The van der Waals surface area contributed by atoms with E-state index in [9.17, 15) is 9.59 Å². The third-order valence-electron chi connectivity index (χ3n) is 4.29. The number of hydrogen-bond donors (Lipinski definition) is 1. The normalized spacial score (nSPS) is 14.2. The van der Waals surface area contributed by atoms with Gasteiger partial charge in [0.25, 0.3) is 0 Å². The van der Waals surface area contributed by atoms with Crippen LogP contribution in [0.25, 0.3) is 0 Å². The third-order valence-corrected chi connectivity index (χ3v) is 4.68. The second-order valence-corrected chi connectivity index (χ2v) is 6.85. The number of carbonyl (C=O) groups excluding carboxylic acids is 2. The minimum atomic E-state index is -0.270. The van der Waals surface area contributed by atoms with Crippen LogP contribution >= 0.6 is 15.9 Å². The van der Waals surface area contributed by atoms with Crippen LogP contribution in [0.5, 0.6) is 0 Å².